The molecular formula is C20H25NO3. The molecule has 0 fully saturated rings. The van der Waals surface area contributed by atoms with Crippen molar-refractivity contribution < 1.29 is 14.3 Å². The fourth-order valence-electron chi connectivity index (χ4n) is 2.35. The fourth-order valence-corrected chi connectivity index (χ4v) is 2.35. The van der Waals surface area contributed by atoms with Crippen LogP contribution in [0.25, 0.3) is 0 Å². The van der Waals surface area contributed by atoms with Crippen LogP contribution in [-0.2, 0) is 11.3 Å². The predicted molar refractivity (Wildman–Crippen MR) is 95.3 cm³/mol. The molecule has 2 rings (SSSR count). The van der Waals surface area contributed by atoms with Crippen LogP contribution in [0, 0.1) is 6.92 Å². The molecule has 1 N–H and O–H groups in total. The number of carbonyl (C=O) groups is 1. The number of amides is 1. The highest BCUT2D eigenvalue weighted by molar-refractivity contribution is 5.81. The topological polar surface area (TPSA) is 47.6 Å². The van der Waals surface area contributed by atoms with Crippen molar-refractivity contribution in [3.8, 4) is 11.5 Å². The zero-order valence-corrected chi connectivity index (χ0v) is 14.5. The summed E-state index contributed by atoms with van der Waals surface area (Å²) < 4.78 is 11.4. The summed E-state index contributed by atoms with van der Waals surface area (Å²) in [5, 5.41) is 2.94. The molecule has 0 spiro atoms. The Kier molecular flexibility index (Phi) is 6.67. The maximum Gasteiger partial charge on any atom is 0.261 e. The van der Waals surface area contributed by atoms with Crippen molar-refractivity contribution in [2.24, 2.45) is 0 Å². The Bertz CT molecular complexity index is 652. The van der Waals surface area contributed by atoms with Gasteiger partial charge in [0.25, 0.3) is 5.91 Å². The van der Waals surface area contributed by atoms with Crippen LogP contribution >= 0.6 is 0 Å². The zero-order chi connectivity index (χ0) is 17.4. The van der Waals surface area contributed by atoms with Gasteiger partial charge in [0, 0.05) is 12.1 Å². The predicted octanol–water partition coefficient (Wildman–Crippen LogP) is 3.87. The van der Waals surface area contributed by atoms with Crippen molar-refractivity contribution in [2.75, 3.05) is 6.61 Å². The number of para-hydroxylation sites is 1. The summed E-state index contributed by atoms with van der Waals surface area (Å²) in [5.41, 5.74) is 2.12. The standard InChI is InChI=1S/C20H25NO3/c1-4-18(24-17-12-10-15(3)11-13-17)20(22)21-14-16-8-6-7-9-19(16)23-5-2/h6-13,18H,4-5,14H2,1-3H3,(H,21,22)/t18-/m0/s1. The Balaban J connectivity index is 1.96. The summed E-state index contributed by atoms with van der Waals surface area (Å²) in [4.78, 5) is 12.4. The molecule has 4 heteroatoms. The Morgan fingerprint density at radius 3 is 2.46 bits per heavy atom. The van der Waals surface area contributed by atoms with Gasteiger partial charge in [0.05, 0.1) is 6.61 Å². The smallest absolute Gasteiger partial charge is 0.261 e. The Labute approximate surface area is 143 Å². The van der Waals surface area contributed by atoms with E-state index in [0.29, 0.717) is 25.3 Å². The molecule has 2 aromatic rings. The lowest BCUT2D eigenvalue weighted by molar-refractivity contribution is -0.128. The zero-order valence-electron chi connectivity index (χ0n) is 14.5. The van der Waals surface area contributed by atoms with E-state index in [4.69, 9.17) is 9.47 Å². The molecule has 1 amide bonds. The van der Waals surface area contributed by atoms with Crippen LogP contribution in [0.2, 0.25) is 0 Å². The largest absolute Gasteiger partial charge is 0.494 e. The van der Waals surface area contributed by atoms with Crippen LogP contribution in [-0.4, -0.2) is 18.6 Å². The van der Waals surface area contributed by atoms with Gasteiger partial charge in [0.1, 0.15) is 11.5 Å². The third-order valence-corrected chi connectivity index (χ3v) is 3.69. The number of benzene rings is 2. The van der Waals surface area contributed by atoms with Gasteiger partial charge in [-0.3, -0.25) is 4.79 Å². The molecule has 0 radical (unpaired) electrons. The van der Waals surface area contributed by atoms with Crippen LogP contribution in [0.15, 0.2) is 48.5 Å². The van der Waals surface area contributed by atoms with Gasteiger partial charge in [0.2, 0.25) is 0 Å². The first-order valence-corrected chi connectivity index (χ1v) is 8.35. The van der Waals surface area contributed by atoms with Crippen molar-refractivity contribution in [2.45, 2.75) is 39.8 Å². The summed E-state index contributed by atoms with van der Waals surface area (Å²) in [5.74, 6) is 1.38. The van der Waals surface area contributed by atoms with E-state index >= 15 is 0 Å². The molecule has 0 aliphatic rings. The molecule has 0 saturated carbocycles. The number of hydrogen-bond donors (Lipinski definition) is 1. The first kappa shape index (κ1) is 17.9. The second-order valence-electron chi connectivity index (χ2n) is 5.59. The first-order chi connectivity index (χ1) is 11.6. The molecule has 1 atom stereocenters. The normalized spacial score (nSPS) is 11.6. The molecule has 24 heavy (non-hydrogen) atoms. The quantitative estimate of drug-likeness (QED) is 0.801. The maximum atomic E-state index is 12.4. The molecule has 0 aromatic heterocycles. The summed E-state index contributed by atoms with van der Waals surface area (Å²) in [6, 6.07) is 15.4. The van der Waals surface area contributed by atoms with Gasteiger partial charge in [-0.1, -0.05) is 42.8 Å². The van der Waals surface area contributed by atoms with Crippen LogP contribution in [0.5, 0.6) is 11.5 Å². The van der Waals surface area contributed by atoms with Gasteiger partial charge < -0.3 is 14.8 Å². The SMILES string of the molecule is CCOc1ccccc1CNC(=O)[C@H](CC)Oc1ccc(C)cc1. The average molecular weight is 327 g/mol. The third-order valence-electron chi connectivity index (χ3n) is 3.69. The van der Waals surface area contributed by atoms with Crippen LogP contribution in [0.1, 0.15) is 31.4 Å². The molecule has 128 valence electrons. The number of aryl methyl sites for hydroxylation is 1. The number of carbonyl (C=O) groups excluding carboxylic acids is 1. The minimum atomic E-state index is -0.507. The van der Waals surface area contributed by atoms with Crippen LogP contribution < -0.4 is 14.8 Å². The van der Waals surface area contributed by atoms with Gasteiger partial charge in [-0.25, -0.2) is 0 Å². The van der Waals surface area contributed by atoms with Crippen LogP contribution in [0.3, 0.4) is 0 Å². The second-order valence-corrected chi connectivity index (χ2v) is 5.59. The monoisotopic (exact) mass is 327 g/mol. The highest BCUT2D eigenvalue weighted by Crippen LogP contribution is 2.18. The highest BCUT2D eigenvalue weighted by atomic mass is 16.5. The molecule has 0 aliphatic carbocycles. The molecule has 0 aliphatic heterocycles. The summed E-state index contributed by atoms with van der Waals surface area (Å²) in [6.45, 7) is 6.91. The summed E-state index contributed by atoms with van der Waals surface area (Å²) >= 11 is 0. The van der Waals surface area contributed by atoms with Crippen molar-refractivity contribution >= 4 is 5.91 Å². The minimum Gasteiger partial charge on any atom is -0.494 e. The highest BCUT2D eigenvalue weighted by Gasteiger charge is 2.18. The fraction of sp³-hybridized carbons (Fsp3) is 0.350. The van der Waals surface area contributed by atoms with E-state index in [1.165, 1.54) is 0 Å². The average Bonchev–Trinajstić information content (AvgIpc) is 2.60. The molecular weight excluding hydrogens is 302 g/mol. The molecule has 4 nitrogen and oxygen atoms in total. The summed E-state index contributed by atoms with van der Waals surface area (Å²) in [6.07, 6.45) is 0.0965. The van der Waals surface area contributed by atoms with Crippen molar-refractivity contribution in [3.05, 3.63) is 59.7 Å². The molecule has 0 saturated heterocycles. The number of ether oxygens (including phenoxy) is 2. The summed E-state index contributed by atoms with van der Waals surface area (Å²) in [7, 11) is 0. The van der Waals surface area contributed by atoms with Crippen molar-refractivity contribution in [1.29, 1.82) is 0 Å². The van der Waals surface area contributed by atoms with Gasteiger partial charge in [-0.05, 0) is 38.5 Å². The van der Waals surface area contributed by atoms with Gasteiger partial charge in [-0.15, -0.1) is 0 Å². The number of hydrogen-bond acceptors (Lipinski definition) is 3. The van der Waals surface area contributed by atoms with Crippen molar-refractivity contribution in [1.82, 2.24) is 5.32 Å². The van der Waals surface area contributed by atoms with E-state index in [0.717, 1.165) is 16.9 Å². The Hall–Kier alpha value is -2.49. The second kappa shape index (κ2) is 8.96. The van der Waals surface area contributed by atoms with Gasteiger partial charge in [0.15, 0.2) is 6.10 Å². The van der Waals surface area contributed by atoms with E-state index in [1.807, 2.05) is 69.3 Å². The molecule has 0 bridgehead atoms. The van der Waals surface area contributed by atoms with E-state index < -0.39 is 6.10 Å². The van der Waals surface area contributed by atoms with E-state index in [-0.39, 0.29) is 5.91 Å². The van der Waals surface area contributed by atoms with Crippen molar-refractivity contribution in [3.63, 3.8) is 0 Å². The van der Waals surface area contributed by atoms with Gasteiger partial charge in [-0.2, -0.15) is 0 Å². The van der Waals surface area contributed by atoms with Gasteiger partial charge >= 0.3 is 0 Å². The number of nitrogens with one attached hydrogen (secondary N) is 1. The minimum absolute atomic E-state index is 0.121. The lowest BCUT2D eigenvalue weighted by atomic mass is 10.2. The Morgan fingerprint density at radius 2 is 1.79 bits per heavy atom. The van der Waals surface area contributed by atoms with E-state index in [9.17, 15) is 4.79 Å². The van der Waals surface area contributed by atoms with E-state index in [2.05, 4.69) is 5.32 Å². The Morgan fingerprint density at radius 1 is 1.08 bits per heavy atom. The number of rotatable bonds is 8. The first-order valence-electron chi connectivity index (χ1n) is 8.35. The van der Waals surface area contributed by atoms with E-state index in [1.54, 1.807) is 0 Å². The lowest BCUT2D eigenvalue weighted by Crippen LogP contribution is -2.37. The maximum absolute atomic E-state index is 12.4. The molecule has 2 aromatic carbocycles. The third kappa shape index (κ3) is 5.01. The van der Waals surface area contributed by atoms with Crippen LogP contribution in [0.4, 0.5) is 0 Å². The molecule has 0 heterocycles. The molecule has 0 unspecified atom stereocenters. The lowest BCUT2D eigenvalue weighted by Gasteiger charge is -2.18.